The van der Waals surface area contributed by atoms with E-state index in [-0.39, 0.29) is 5.41 Å². The highest BCUT2D eigenvalue weighted by atomic mass is 16.2. The SMILES string of the molecule is CC(C)(C)c1nccc(N2CCCN(C(=O)C3CCC3)CC2)n1. The highest BCUT2D eigenvalue weighted by Crippen LogP contribution is 2.29. The summed E-state index contributed by atoms with van der Waals surface area (Å²) in [6.07, 6.45) is 6.24. The van der Waals surface area contributed by atoms with Crippen molar-refractivity contribution in [2.24, 2.45) is 5.92 Å². The number of aromatic nitrogens is 2. The van der Waals surface area contributed by atoms with E-state index in [0.717, 1.165) is 57.1 Å². The fourth-order valence-electron chi connectivity index (χ4n) is 3.17. The molecule has 0 aromatic carbocycles. The van der Waals surface area contributed by atoms with Gasteiger partial charge in [-0.15, -0.1) is 0 Å². The van der Waals surface area contributed by atoms with Crippen LogP contribution < -0.4 is 4.90 Å². The van der Waals surface area contributed by atoms with Gasteiger partial charge >= 0.3 is 0 Å². The Hall–Kier alpha value is -1.65. The average Bonchev–Trinajstić information content (AvgIpc) is 2.70. The van der Waals surface area contributed by atoms with Crippen LogP contribution in [-0.4, -0.2) is 47.0 Å². The smallest absolute Gasteiger partial charge is 0.225 e. The summed E-state index contributed by atoms with van der Waals surface area (Å²) in [6, 6.07) is 1.98. The van der Waals surface area contributed by atoms with Crippen molar-refractivity contribution in [3.63, 3.8) is 0 Å². The highest BCUT2D eigenvalue weighted by Gasteiger charge is 2.30. The van der Waals surface area contributed by atoms with Crippen LogP contribution in [0.4, 0.5) is 5.82 Å². The Balaban J connectivity index is 1.67. The number of hydrogen-bond acceptors (Lipinski definition) is 4. The van der Waals surface area contributed by atoms with Crippen LogP contribution in [0.15, 0.2) is 12.3 Å². The molecule has 5 nitrogen and oxygen atoms in total. The lowest BCUT2D eigenvalue weighted by Gasteiger charge is -2.31. The molecule has 5 heteroatoms. The van der Waals surface area contributed by atoms with E-state index in [2.05, 4.69) is 35.6 Å². The molecule has 1 aromatic heterocycles. The van der Waals surface area contributed by atoms with Crippen molar-refractivity contribution >= 4 is 11.7 Å². The summed E-state index contributed by atoms with van der Waals surface area (Å²) in [4.78, 5) is 26.0. The quantitative estimate of drug-likeness (QED) is 0.841. The van der Waals surface area contributed by atoms with Crippen molar-refractivity contribution in [3.8, 4) is 0 Å². The van der Waals surface area contributed by atoms with E-state index < -0.39 is 0 Å². The van der Waals surface area contributed by atoms with Crippen LogP contribution in [0.1, 0.15) is 52.3 Å². The third kappa shape index (κ3) is 3.65. The predicted octanol–water partition coefficient (Wildman–Crippen LogP) is 2.61. The van der Waals surface area contributed by atoms with Gasteiger partial charge in [-0.2, -0.15) is 0 Å². The molecule has 0 spiro atoms. The molecule has 1 aliphatic heterocycles. The van der Waals surface area contributed by atoms with Crippen LogP contribution in [-0.2, 0) is 10.2 Å². The van der Waals surface area contributed by atoms with Crippen LogP contribution in [0.25, 0.3) is 0 Å². The largest absolute Gasteiger partial charge is 0.355 e. The molecule has 2 heterocycles. The summed E-state index contributed by atoms with van der Waals surface area (Å²) in [5.41, 5.74) is -0.0475. The van der Waals surface area contributed by atoms with E-state index in [1.165, 1.54) is 6.42 Å². The Morgan fingerprint density at radius 3 is 2.57 bits per heavy atom. The van der Waals surface area contributed by atoms with Crippen molar-refractivity contribution in [2.45, 2.75) is 51.9 Å². The van der Waals surface area contributed by atoms with E-state index in [0.29, 0.717) is 11.8 Å². The van der Waals surface area contributed by atoms with E-state index in [1.807, 2.05) is 12.3 Å². The lowest BCUT2D eigenvalue weighted by Crippen LogP contribution is -2.41. The minimum absolute atomic E-state index is 0.0475. The van der Waals surface area contributed by atoms with Crippen molar-refractivity contribution in [2.75, 3.05) is 31.1 Å². The van der Waals surface area contributed by atoms with E-state index in [9.17, 15) is 4.79 Å². The summed E-state index contributed by atoms with van der Waals surface area (Å²) in [5.74, 6) is 2.54. The monoisotopic (exact) mass is 316 g/mol. The second-order valence-corrected chi connectivity index (χ2v) is 7.78. The summed E-state index contributed by atoms with van der Waals surface area (Å²) in [7, 11) is 0. The van der Waals surface area contributed by atoms with Crippen LogP contribution in [0, 0.1) is 5.92 Å². The molecular formula is C18H28N4O. The predicted molar refractivity (Wildman–Crippen MR) is 91.5 cm³/mol. The molecule has 126 valence electrons. The van der Waals surface area contributed by atoms with E-state index >= 15 is 0 Å². The van der Waals surface area contributed by atoms with Gasteiger partial charge in [0.15, 0.2) is 0 Å². The first-order valence-electron chi connectivity index (χ1n) is 8.82. The summed E-state index contributed by atoms with van der Waals surface area (Å²) in [5, 5.41) is 0. The molecule has 0 bridgehead atoms. The molecule has 1 saturated carbocycles. The Kier molecular flexibility index (Phi) is 4.55. The van der Waals surface area contributed by atoms with Crippen molar-refractivity contribution in [1.29, 1.82) is 0 Å². The Bertz CT molecular complexity index is 562. The van der Waals surface area contributed by atoms with Gasteiger partial charge in [0.2, 0.25) is 5.91 Å². The Morgan fingerprint density at radius 1 is 1.13 bits per heavy atom. The zero-order valence-electron chi connectivity index (χ0n) is 14.6. The molecule has 3 rings (SSSR count). The summed E-state index contributed by atoms with van der Waals surface area (Å²) < 4.78 is 0. The van der Waals surface area contributed by atoms with Crippen LogP contribution >= 0.6 is 0 Å². The standard InChI is InChI=1S/C18H28N4O/c1-18(2,3)17-19-9-8-15(20-17)21-10-5-11-22(13-12-21)16(23)14-6-4-7-14/h8-9,14H,4-7,10-13H2,1-3H3. The molecule has 23 heavy (non-hydrogen) atoms. The van der Waals surface area contributed by atoms with Gasteiger partial charge in [0.25, 0.3) is 0 Å². The summed E-state index contributed by atoms with van der Waals surface area (Å²) in [6.45, 7) is 9.90. The number of carbonyl (C=O) groups excluding carboxylic acids is 1. The fourth-order valence-corrected chi connectivity index (χ4v) is 3.17. The van der Waals surface area contributed by atoms with Gasteiger partial charge in [-0.3, -0.25) is 4.79 Å². The minimum Gasteiger partial charge on any atom is -0.355 e. The van der Waals surface area contributed by atoms with Gasteiger partial charge in [-0.05, 0) is 25.3 Å². The normalized spacial score (nSPS) is 20.1. The van der Waals surface area contributed by atoms with Crippen LogP contribution in [0.2, 0.25) is 0 Å². The van der Waals surface area contributed by atoms with Gasteiger partial charge < -0.3 is 9.80 Å². The van der Waals surface area contributed by atoms with Crippen molar-refractivity contribution in [3.05, 3.63) is 18.1 Å². The maximum absolute atomic E-state index is 12.4. The first kappa shape index (κ1) is 16.2. The molecule has 0 radical (unpaired) electrons. The van der Waals surface area contributed by atoms with Crippen LogP contribution in [0.3, 0.4) is 0 Å². The molecule has 0 N–H and O–H groups in total. The topological polar surface area (TPSA) is 49.3 Å². The lowest BCUT2D eigenvalue weighted by molar-refractivity contribution is -0.137. The Morgan fingerprint density at radius 2 is 1.91 bits per heavy atom. The molecule has 1 aliphatic carbocycles. The molecule has 1 amide bonds. The zero-order chi connectivity index (χ0) is 16.4. The lowest BCUT2D eigenvalue weighted by atomic mass is 9.84. The number of rotatable bonds is 2. The van der Waals surface area contributed by atoms with Crippen LogP contribution in [0.5, 0.6) is 0 Å². The van der Waals surface area contributed by atoms with Gasteiger partial charge in [0.05, 0.1) is 0 Å². The molecule has 2 fully saturated rings. The van der Waals surface area contributed by atoms with E-state index in [1.54, 1.807) is 0 Å². The Labute approximate surface area is 139 Å². The maximum Gasteiger partial charge on any atom is 0.225 e. The molecule has 2 aliphatic rings. The second-order valence-electron chi connectivity index (χ2n) is 7.78. The third-order valence-corrected chi connectivity index (χ3v) is 4.90. The molecule has 0 unspecified atom stereocenters. The number of nitrogens with zero attached hydrogens (tertiary/aromatic N) is 4. The first-order valence-corrected chi connectivity index (χ1v) is 8.82. The van der Waals surface area contributed by atoms with Crippen molar-refractivity contribution in [1.82, 2.24) is 14.9 Å². The van der Waals surface area contributed by atoms with Gasteiger partial charge in [-0.25, -0.2) is 9.97 Å². The summed E-state index contributed by atoms with van der Waals surface area (Å²) >= 11 is 0. The highest BCUT2D eigenvalue weighted by molar-refractivity contribution is 5.79. The van der Waals surface area contributed by atoms with Gasteiger partial charge in [-0.1, -0.05) is 27.2 Å². The molecule has 1 aromatic rings. The zero-order valence-corrected chi connectivity index (χ0v) is 14.6. The van der Waals surface area contributed by atoms with Gasteiger partial charge in [0, 0.05) is 43.7 Å². The average molecular weight is 316 g/mol. The number of carbonyl (C=O) groups is 1. The second kappa shape index (κ2) is 6.46. The van der Waals surface area contributed by atoms with Gasteiger partial charge in [0.1, 0.15) is 11.6 Å². The molecule has 0 atom stereocenters. The van der Waals surface area contributed by atoms with Crippen molar-refractivity contribution < 1.29 is 4.79 Å². The third-order valence-electron chi connectivity index (χ3n) is 4.90. The molecular weight excluding hydrogens is 288 g/mol. The number of anilines is 1. The number of amides is 1. The minimum atomic E-state index is -0.0475. The fraction of sp³-hybridized carbons (Fsp3) is 0.722. The first-order chi connectivity index (χ1) is 10.9. The van der Waals surface area contributed by atoms with E-state index in [4.69, 9.17) is 4.98 Å². The molecule has 1 saturated heterocycles. The number of hydrogen-bond donors (Lipinski definition) is 0. The maximum atomic E-state index is 12.4.